The Labute approximate surface area is 184 Å². The predicted octanol–water partition coefficient (Wildman–Crippen LogP) is 4.28. The van der Waals surface area contributed by atoms with Crippen molar-refractivity contribution in [1.82, 2.24) is 5.32 Å². The molecule has 5 nitrogen and oxygen atoms in total. The van der Waals surface area contributed by atoms with Crippen molar-refractivity contribution in [3.05, 3.63) is 101 Å². The molecule has 0 aliphatic carbocycles. The van der Waals surface area contributed by atoms with Crippen molar-refractivity contribution in [3.63, 3.8) is 0 Å². The first kappa shape index (κ1) is 22.6. The van der Waals surface area contributed by atoms with E-state index in [4.69, 9.17) is 0 Å². The van der Waals surface area contributed by atoms with E-state index in [9.17, 15) is 13.2 Å². The first-order valence-electron chi connectivity index (χ1n) is 10.1. The molecule has 0 fully saturated rings. The van der Waals surface area contributed by atoms with E-state index in [2.05, 4.69) is 5.32 Å². The van der Waals surface area contributed by atoms with Crippen molar-refractivity contribution in [2.75, 3.05) is 17.1 Å². The van der Waals surface area contributed by atoms with Crippen LogP contribution >= 0.6 is 0 Å². The number of nitrogens with one attached hydrogen (secondary N) is 1. The van der Waals surface area contributed by atoms with Crippen LogP contribution in [0.4, 0.5) is 5.69 Å². The SMILES string of the molecule is Cc1ccc(C)c(N(CC(=O)NC(c2ccccc2)c2ccccc2C)S(C)(=O)=O)c1. The number of benzene rings is 3. The summed E-state index contributed by atoms with van der Waals surface area (Å²) in [4.78, 5) is 13.1. The number of amides is 1. The topological polar surface area (TPSA) is 66.5 Å². The van der Waals surface area contributed by atoms with E-state index in [-0.39, 0.29) is 18.5 Å². The van der Waals surface area contributed by atoms with Crippen LogP contribution < -0.4 is 9.62 Å². The third-order valence-corrected chi connectivity index (χ3v) is 6.39. The molecule has 0 saturated heterocycles. The van der Waals surface area contributed by atoms with Crippen LogP contribution in [-0.2, 0) is 14.8 Å². The van der Waals surface area contributed by atoms with E-state index >= 15 is 0 Å². The first-order chi connectivity index (χ1) is 14.7. The maximum atomic E-state index is 13.1. The first-order valence-corrected chi connectivity index (χ1v) is 12.0. The number of sulfonamides is 1. The molecule has 0 aliphatic heterocycles. The van der Waals surface area contributed by atoms with Crippen LogP contribution in [0.5, 0.6) is 0 Å². The number of rotatable bonds is 7. The number of aryl methyl sites for hydroxylation is 3. The van der Waals surface area contributed by atoms with Gasteiger partial charge in [-0.2, -0.15) is 0 Å². The summed E-state index contributed by atoms with van der Waals surface area (Å²) in [6, 6.07) is 22.7. The molecule has 0 radical (unpaired) electrons. The van der Waals surface area contributed by atoms with Crippen LogP contribution in [0.25, 0.3) is 0 Å². The summed E-state index contributed by atoms with van der Waals surface area (Å²) in [5.74, 6) is -0.372. The van der Waals surface area contributed by atoms with E-state index < -0.39 is 10.0 Å². The van der Waals surface area contributed by atoms with Crippen molar-refractivity contribution < 1.29 is 13.2 Å². The average Bonchev–Trinajstić information content (AvgIpc) is 2.73. The van der Waals surface area contributed by atoms with Gasteiger partial charge in [0.05, 0.1) is 18.0 Å². The minimum Gasteiger partial charge on any atom is -0.344 e. The molecule has 0 bridgehead atoms. The van der Waals surface area contributed by atoms with Crippen molar-refractivity contribution in [3.8, 4) is 0 Å². The monoisotopic (exact) mass is 436 g/mol. The fourth-order valence-electron chi connectivity index (χ4n) is 3.60. The highest BCUT2D eigenvalue weighted by Crippen LogP contribution is 2.26. The van der Waals surface area contributed by atoms with Crippen LogP contribution in [0.3, 0.4) is 0 Å². The summed E-state index contributed by atoms with van der Waals surface area (Å²) in [6.45, 7) is 5.44. The molecule has 1 atom stereocenters. The summed E-state index contributed by atoms with van der Waals surface area (Å²) in [5, 5.41) is 3.05. The van der Waals surface area contributed by atoms with Gasteiger partial charge in [-0.15, -0.1) is 0 Å². The highest BCUT2D eigenvalue weighted by atomic mass is 32.2. The van der Waals surface area contributed by atoms with Gasteiger partial charge in [0.25, 0.3) is 0 Å². The Morgan fingerprint density at radius 2 is 1.55 bits per heavy atom. The number of anilines is 1. The zero-order chi connectivity index (χ0) is 22.6. The van der Waals surface area contributed by atoms with Crippen LogP contribution in [0, 0.1) is 20.8 Å². The fourth-order valence-corrected chi connectivity index (χ4v) is 4.51. The van der Waals surface area contributed by atoms with Crippen molar-refractivity contribution in [2.24, 2.45) is 0 Å². The average molecular weight is 437 g/mol. The summed E-state index contributed by atoms with van der Waals surface area (Å²) in [5.41, 5.74) is 5.19. The lowest BCUT2D eigenvalue weighted by molar-refractivity contribution is -0.120. The molecule has 0 aliphatic rings. The van der Waals surface area contributed by atoms with Crippen molar-refractivity contribution >= 4 is 21.6 Å². The van der Waals surface area contributed by atoms with E-state index in [1.165, 1.54) is 4.31 Å². The maximum absolute atomic E-state index is 13.1. The predicted molar refractivity (Wildman–Crippen MR) is 126 cm³/mol. The molecule has 0 heterocycles. The third-order valence-electron chi connectivity index (χ3n) is 5.26. The molecule has 6 heteroatoms. The van der Waals surface area contributed by atoms with E-state index in [0.29, 0.717) is 5.69 Å². The highest BCUT2D eigenvalue weighted by molar-refractivity contribution is 7.92. The lowest BCUT2D eigenvalue weighted by atomic mass is 9.95. The van der Waals surface area contributed by atoms with Crippen molar-refractivity contribution in [2.45, 2.75) is 26.8 Å². The van der Waals surface area contributed by atoms with E-state index in [0.717, 1.165) is 34.1 Å². The number of hydrogen-bond donors (Lipinski definition) is 1. The van der Waals surface area contributed by atoms with Gasteiger partial charge in [-0.1, -0.05) is 66.7 Å². The number of carbonyl (C=O) groups is 1. The number of nitrogens with zero attached hydrogens (tertiary/aromatic N) is 1. The molecule has 0 spiro atoms. The van der Waals surface area contributed by atoms with Gasteiger partial charge in [0.15, 0.2) is 0 Å². The van der Waals surface area contributed by atoms with Gasteiger partial charge in [-0.25, -0.2) is 8.42 Å². The largest absolute Gasteiger partial charge is 0.344 e. The summed E-state index contributed by atoms with van der Waals surface area (Å²) in [6.07, 6.45) is 1.12. The Kier molecular flexibility index (Phi) is 6.81. The maximum Gasteiger partial charge on any atom is 0.241 e. The zero-order valence-electron chi connectivity index (χ0n) is 18.3. The second-order valence-electron chi connectivity index (χ2n) is 7.83. The Hall–Kier alpha value is -3.12. The van der Waals surface area contributed by atoms with E-state index in [1.807, 2.05) is 87.5 Å². The van der Waals surface area contributed by atoms with Gasteiger partial charge in [0, 0.05) is 0 Å². The number of hydrogen-bond acceptors (Lipinski definition) is 3. The van der Waals surface area contributed by atoms with Gasteiger partial charge in [-0.3, -0.25) is 9.10 Å². The standard InChI is InChI=1S/C25H28N2O3S/c1-18-14-15-20(3)23(16-18)27(31(4,29)30)17-24(28)26-25(21-11-6-5-7-12-21)22-13-9-8-10-19(22)2/h5-16,25H,17H2,1-4H3,(H,26,28). The second-order valence-corrected chi connectivity index (χ2v) is 9.73. The van der Waals surface area contributed by atoms with Crippen LogP contribution in [0.15, 0.2) is 72.8 Å². The molecule has 162 valence electrons. The van der Waals surface area contributed by atoms with Gasteiger partial charge in [0.1, 0.15) is 6.54 Å². The molecule has 31 heavy (non-hydrogen) atoms. The third kappa shape index (κ3) is 5.52. The molecular weight excluding hydrogens is 408 g/mol. The summed E-state index contributed by atoms with van der Waals surface area (Å²) in [7, 11) is -3.65. The van der Waals surface area contributed by atoms with Gasteiger partial charge >= 0.3 is 0 Å². The molecule has 1 N–H and O–H groups in total. The normalized spacial score (nSPS) is 12.3. The Balaban J connectivity index is 1.94. The molecule has 3 aromatic rings. The molecular formula is C25H28N2O3S. The lowest BCUT2D eigenvalue weighted by Gasteiger charge is -2.26. The number of carbonyl (C=O) groups excluding carboxylic acids is 1. The van der Waals surface area contributed by atoms with Gasteiger partial charge < -0.3 is 5.32 Å². The van der Waals surface area contributed by atoms with Crippen molar-refractivity contribution in [1.29, 1.82) is 0 Å². The molecule has 3 aromatic carbocycles. The fraction of sp³-hybridized carbons (Fsp3) is 0.240. The molecule has 3 rings (SSSR count). The van der Waals surface area contributed by atoms with Crippen LogP contribution in [-0.4, -0.2) is 27.1 Å². The zero-order valence-corrected chi connectivity index (χ0v) is 19.1. The Morgan fingerprint density at radius 1 is 0.903 bits per heavy atom. The minimum atomic E-state index is -3.65. The van der Waals surface area contributed by atoms with Crippen LogP contribution in [0.2, 0.25) is 0 Å². The van der Waals surface area contributed by atoms with E-state index in [1.54, 1.807) is 6.07 Å². The second kappa shape index (κ2) is 9.35. The molecule has 0 aromatic heterocycles. The highest BCUT2D eigenvalue weighted by Gasteiger charge is 2.25. The summed E-state index contributed by atoms with van der Waals surface area (Å²) < 4.78 is 26.3. The molecule has 1 unspecified atom stereocenters. The molecule has 1 amide bonds. The van der Waals surface area contributed by atoms with Gasteiger partial charge in [-0.05, 0) is 54.7 Å². The Morgan fingerprint density at radius 3 is 2.19 bits per heavy atom. The quantitative estimate of drug-likeness (QED) is 0.601. The summed E-state index contributed by atoms with van der Waals surface area (Å²) >= 11 is 0. The Bertz CT molecular complexity index is 1170. The molecule has 0 saturated carbocycles. The smallest absolute Gasteiger partial charge is 0.241 e. The van der Waals surface area contributed by atoms with Crippen LogP contribution in [0.1, 0.15) is 33.9 Å². The minimum absolute atomic E-state index is 0.293. The lowest BCUT2D eigenvalue weighted by Crippen LogP contribution is -2.42. The van der Waals surface area contributed by atoms with Gasteiger partial charge in [0.2, 0.25) is 15.9 Å².